The Morgan fingerprint density at radius 1 is 1.10 bits per heavy atom. The summed E-state index contributed by atoms with van der Waals surface area (Å²) in [6, 6.07) is 11.4. The van der Waals surface area contributed by atoms with Crippen LogP contribution in [-0.4, -0.2) is 64.2 Å². The molecular weight excluding hydrogens is 534 g/mol. The van der Waals surface area contributed by atoms with Gasteiger partial charge in [-0.05, 0) is 94.3 Å². The number of carbonyl (C=O) groups is 3. The van der Waals surface area contributed by atoms with Crippen LogP contribution in [0.25, 0.3) is 0 Å². The van der Waals surface area contributed by atoms with E-state index in [0.717, 1.165) is 11.1 Å². The van der Waals surface area contributed by atoms with Crippen LogP contribution in [0.2, 0.25) is 0 Å². The summed E-state index contributed by atoms with van der Waals surface area (Å²) in [5, 5.41) is 16.5. The SMILES string of the molecule is CCOc1ccc(NC(=O)[C@H]2[C@H]3C(=O)N([C@@H](CO)CC(C)C)C(C(=O)Nc4cc(C)ccc4C)C34CC[C@]2(C)O4)cc1. The van der Waals surface area contributed by atoms with Gasteiger partial charge in [0.25, 0.3) is 0 Å². The second kappa shape index (κ2) is 11.3. The van der Waals surface area contributed by atoms with Crippen molar-refractivity contribution < 1.29 is 29.0 Å². The van der Waals surface area contributed by atoms with Gasteiger partial charge in [0.05, 0.1) is 36.7 Å². The van der Waals surface area contributed by atoms with E-state index in [4.69, 9.17) is 9.47 Å². The van der Waals surface area contributed by atoms with Crippen LogP contribution in [0.5, 0.6) is 5.75 Å². The van der Waals surface area contributed by atoms with E-state index in [-0.39, 0.29) is 30.2 Å². The third kappa shape index (κ3) is 5.07. The molecule has 6 atom stereocenters. The van der Waals surface area contributed by atoms with Crippen LogP contribution in [0.3, 0.4) is 0 Å². The number of amides is 3. The Kier molecular flexibility index (Phi) is 8.11. The number of likely N-dealkylation sites (tertiary alicyclic amines) is 1. The van der Waals surface area contributed by atoms with Crippen molar-refractivity contribution in [3.8, 4) is 5.75 Å². The van der Waals surface area contributed by atoms with E-state index in [2.05, 4.69) is 10.6 Å². The van der Waals surface area contributed by atoms with Crippen LogP contribution in [0.15, 0.2) is 42.5 Å². The van der Waals surface area contributed by atoms with Crippen LogP contribution in [0, 0.1) is 31.6 Å². The average Bonchev–Trinajstić information content (AvgIpc) is 3.51. The minimum Gasteiger partial charge on any atom is -0.494 e. The number of nitrogens with one attached hydrogen (secondary N) is 2. The second-order valence-electron chi connectivity index (χ2n) is 12.7. The van der Waals surface area contributed by atoms with Gasteiger partial charge in [0.15, 0.2) is 0 Å². The van der Waals surface area contributed by atoms with E-state index in [0.29, 0.717) is 43.0 Å². The lowest BCUT2D eigenvalue weighted by Crippen LogP contribution is -2.56. The van der Waals surface area contributed by atoms with Crippen LogP contribution in [0.1, 0.15) is 58.1 Å². The van der Waals surface area contributed by atoms with Crippen LogP contribution >= 0.6 is 0 Å². The summed E-state index contributed by atoms with van der Waals surface area (Å²) < 4.78 is 12.2. The minimum absolute atomic E-state index is 0.170. The molecule has 0 aliphatic carbocycles. The number of hydrogen-bond donors (Lipinski definition) is 3. The second-order valence-corrected chi connectivity index (χ2v) is 12.7. The van der Waals surface area contributed by atoms with Gasteiger partial charge in [0.2, 0.25) is 17.7 Å². The zero-order valence-corrected chi connectivity index (χ0v) is 25.4. The first-order valence-corrected chi connectivity index (χ1v) is 15.0. The van der Waals surface area contributed by atoms with Gasteiger partial charge in [0.1, 0.15) is 17.4 Å². The lowest BCUT2D eigenvalue weighted by atomic mass is 9.66. The Morgan fingerprint density at radius 3 is 2.45 bits per heavy atom. The molecule has 2 unspecified atom stereocenters. The number of nitrogens with zero attached hydrogens (tertiary/aromatic N) is 1. The number of ether oxygens (including phenoxy) is 2. The highest BCUT2D eigenvalue weighted by Gasteiger charge is 2.78. The van der Waals surface area contributed by atoms with Gasteiger partial charge >= 0.3 is 0 Å². The molecule has 0 saturated carbocycles. The van der Waals surface area contributed by atoms with E-state index >= 15 is 0 Å². The van der Waals surface area contributed by atoms with Gasteiger partial charge < -0.3 is 30.1 Å². The molecule has 3 fully saturated rings. The monoisotopic (exact) mass is 577 g/mol. The molecule has 1 spiro atoms. The van der Waals surface area contributed by atoms with Gasteiger partial charge in [-0.15, -0.1) is 0 Å². The lowest BCUT2D eigenvalue weighted by Gasteiger charge is -2.37. The number of carbonyl (C=O) groups excluding carboxylic acids is 3. The first-order valence-electron chi connectivity index (χ1n) is 15.0. The fraction of sp³-hybridized carbons (Fsp3) is 0.545. The highest BCUT2D eigenvalue weighted by molar-refractivity contribution is 6.05. The molecule has 9 heteroatoms. The number of hydrogen-bond acceptors (Lipinski definition) is 6. The molecule has 3 aliphatic heterocycles. The summed E-state index contributed by atoms with van der Waals surface area (Å²) in [6.45, 7) is 11.9. The van der Waals surface area contributed by atoms with E-state index < -0.39 is 35.1 Å². The summed E-state index contributed by atoms with van der Waals surface area (Å²) in [5.74, 6) is -1.78. The topological polar surface area (TPSA) is 117 Å². The fourth-order valence-electron chi connectivity index (χ4n) is 7.37. The summed E-state index contributed by atoms with van der Waals surface area (Å²) >= 11 is 0. The highest BCUT2D eigenvalue weighted by atomic mass is 16.5. The maximum absolute atomic E-state index is 14.4. The number of anilines is 2. The molecule has 3 heterocycles. The summed E-state index contributed by atoms with van der Waals surface area (Å²) in [4.78, 5) is 44.1. The van der Waals surface area contributed by atoms with E-state index in [1.165, 1.54) is 4.90 Å². The molecule has 3 N–H and O–H groups in total. The molecule has 2 bridgehead atoms. The van der Waals surface area contributed by atoms with Gasteiger partial charge in [-0.3, -0.25) is 14.4 Å². The van der Waals surface area contributed by atoms with Crippen molar-refractivity contribution in [3.63, 3.8) is 0 Å². The van der Waals surface area contributed by atoms with Crippen molar-refractivity contribution in [2.75, 3.05) is 23.8 Å². The van der Waals surface area contributed by atoms with Crippen LogP contribution < -0.4 is 15.4 Å². The molecule has 2 aromatic carbocycles. The van der Waals surface area contributed by atoms with Crippen molar-refractivity contribution in [1.82, 2.24) is 4.90 Å². The molecule has 2 aromatic rings. The largest absolute Gasteiger partial charge is 0.494 e. The highest BCUT2D eigenvalue weighted by Crippen LogP contribution is 2.63. The smallest absolute Gasteiger partial charge is 0.250 e. The number of aliphatic hydroxyl groups is 1. The Bertz CT molecular complexity index is 1360. The van der Waals surface area contributed by atoms with Crippen molar-refractivity contribution in [3.05, 3.63) is 53.6 Å². The van der Waals surface area contributed by atoms with Gasteiger partial charge in [-0.2, -0.15) is 0 Å². The van der Waals surface area contributed by atoms with E-state index in [1.54, 1.807) is 24.3 Å². The normalized spacial score (nSPS) is 28.6. The van der Waals surface area contributed by atoms with Crippen molar-refractivity contribution >= 4 is 29.1 Å². The molecule has 0 aromatic heterocycles. The Balaban J connectivity index is 1.51. The van der Waals surface area contributed by atoms with E-state index in [9.17, 15) is 19.5 Å². The quantitative estimate of drug-likeness (QED) is 0.384. The Hall–Kier alpha value is -3.43. The molecule has 3 saturated heterocycles. The summed E-state index contributed by atoms with van der Waals surface area (Å²) in [6.07, 6.45) is 1.51. The van der Waals surface area contributed by atoms with Gasteiger partial charge in [0, 0.05) is 11.4 Å². The van der Waals surface area contributed by atoms with Crippen molar-refractivity contribution in [2.24, 2.45) is 17.8 Å². The molecule has 5 rings (SSSR count). The predicted octanol–water partition coefficient (Wildman–Crippen LogP) is 4.45. The first kappa shape index (κ1) is 30.0. The molecule has 9 nitrogen and oxygen atoms in total. The predicted molar refractivity (Wildman–Crippen MR) is 160 cm³/mol. The zero-order valence-electron chi connectivity index (χ0n) is 25.4. The number of aryl methyl sites for hydroxylation is 2. The standard InChI is InChI=1S/C33H43N3O6/c1-7-41-24-12-10-22(11-13-24)34-29(38)26-27-31(40)36(23(18-37)16-19(2)3)28(33(27)15-14-32(26,6)42-33)30(39)35-25-17-20(4)8-9-21(25)5/h8-13,17,19,23,26-28,37H,7,14-16,18H2,1-6H3,(H,34,38)(H,35,39)/t23-,26-,27+,28?,32+,33?/m1/s1. The van der Waals surface area contributed by atoms with E-state index in [1.807, 2.05) is 59.7 Å². The summed E-state index contributed by atoms with van der Waals surface area (Å²) in [7, 11) is 0. The Labute approximate surface area is 248 Å². The van der Waals surface area contributed by atoms with Crippen LogP contribution in [-0.2, 0) is 19.1 Å². The van der Waals surface area contributed by atoms with Crippen LogP contribution in [0.4, 0.5) is 11.4 Å². The minimum atomic E-state index is -1.18. The maximum Gasteiger partial charge on any atom is 0.250 e. The lowest BCUT2D eigenvalue weighted by molar-refractivity contribution is -0.147. The molecular formula is C33H43N3O6. The summed E-state index contributed by atoms with van der Waals surface area (Å²) in [5.41, 5.74) is 1.06. The maximum atomic E-state index is 14.4. The fourth-order valence-corrected chi connectivity index (χ4v) is 7.37. The van der Waals surface area contributed by atoms with Gasteiger partial charge in [-0.1, -0.05) is 26.0 Å². The Morgan fingerprint density at radius 2 is 1.81 bits per heavy atom. The first-order chi connectivity index (χ1) is 19.9. The van der Waals surface area contributed by atoms with Crippen molar-refractivity contribution in [2.45, 2.75) is 84.1 Å². The van der Waals surface area contributed by atoms with Crippen molar-refractivity contribution in [1.29, 1.82) is 0 Å². The third-order valence-corrected chi connectivity index (χ3v) is 9.18. The average molecular weight is 578 g/mol. The number of aliphatic hydroxyl groups excluding tert-OH is 1. The molecule has 0 radical (unpaired) electrons. The third-order valence-electron chi connectivity index (χ3n) is 9.18. The van der Waals surface area contributed by atoms with Gasteiger partial charge in [-0.25, -0.2) is 0 Å². The molecule has 3 aliphatic rings. The zero-order chi connectivity index (χ0) is 30.4. The number of rotatable bonds is 10. The molecule has 42 heavy (non-hydrogen) atoms. The number of benzene rings is 2. The number of fused-ring (bicyclic) bond motifs is 1. The molecule has 226 valence electrons. The molecule has 3 amide bonds.